The van der Waals surface area contributed by atoms with Crippen LogP contribution in [-0.2, 0) is 10.0 Å². The fourth-order valence-corrected chi connectivity index (χ4v) is 4.21. The molecule has 1 heterocycles. The quantitative estimate of drug-likeness (QED) is 0.749. The maximum absolute atomic E-state index is 11.6. The molecule has 0 spiro atoms. The summed E-state index contributed by atoms with van der Waals surface area (Å²) in [5.41, 5.74) is 0. The van der Waals surface area contributed by atoms with E-state index in [1.807, 2.05) is 0 Å². The molecule has 0 radical (unpaired) electrons. The average Bonchev–Trinajstić information content (AvgIpc) is 2.35. The largest absolute Gasteiger partial charge is 0.314 e. The highest BCUT2D eigenvalue weighted by molar-refractivity contribution is 7.88. The van der Waals surface area contributed by atoms with Crippen molar-refractivity contribution in [1.29, 1.82) is 0 Å². The molecule has 1 fully saturated rings. The molecule has 0 aromatic rings. The van der Waals surface area contributed by atoms with Crippen LogP contribution in [0.4, 0.5) is 0 Å². The number of sulfonamides is 1. The predicted molar refractivity (Wildman–Crippen MR) is 85.3 cm³/mol. The lowest BCUT2D eigenvalue weighted by atomic mass is 9.87. The van der Waals surface area contributed by atoms with Crippen LogP contribution in [0.5, 0.6) is 0 Å². The Kier molecular flexibility index (Phi) is 7.48. The van der Waals surface area contributed by atoms with Crippen molar-refractivity contribution in [3.05, 3.63) is 0 Å². The second-order valence-electron chi connectivity index (χ2n) is 6.56. The smallest absolute Gasteiger partial charge is 0.211 e. The Morgan fingerprint density at radius 3 is 2.65 bits per heavy atom. The van der Waals surface area contributed by atoms with Crippen molar-refractivity contribution >= 4 is 10.0 Å². The number of hydrogen-bond donors (Lipinski definition) is 1. The van der Waals surface area contributed by atoms with E-state index >= 15 is 0 Å². The van der Waals surface area contributed by atoms with Gasteiger partial charge in [0.15, 0.2) is 0 Å². The number of rotatable bonds is 8. The zero-order valence-electron chi connectivity index (χ0n) is 13.6. The topological polar surface area (TPSA) is 49.4 Å². The van der Waals surface area contributed by atoms with Gasteiger partial charge in [-0.25, -0.2) is 12.7 Å². The van der Waals surface area contributed by atoms with Gasteiger partial charge in [-0.3, -0.25) is 0 Å². The van der Waals surface area contributed by atoms with Gasteiger partial charge in [-0.15, -0.1) is 0 Å². The van der Waals surface area contributed by atoms with Crippen molar-refractivity contribution in [3.63, 3.8) is 0 Å². The minimum Gasteiger partial charge on any atom is -0.314 e. The van der Waals surface area contributed by atoms with Crippen molar-refractivity contribution in [3.8, 4) is 0 Å². The van der Waals surface area contributed by atoms with Crippen LogP contribution in [-0.4, -0.2) is 44.7 Å². The van der Waals surface area contributed by atoms with Gasteiger partial charge in [-0.1, -0.05) is 13.8 Å². The Hall–Kier alpha value is -0.130. The summed E-state index contributed by atoms with van der Waals surface area (Å²) in [6.45, 7) is 9.24. The highest BCUT2D eigenvalue weighted by Crippen LogP contribution is 2.26. The van der Waals surface area contributed by atoms with Crippen LogP contribution in [0.3, 0.4) is 0 Å². The molecule has 1 N–H and O–H groups in total. The number of piperidine rings is 1. The van der Waals surface area contributed by atoms with E-state index in [9.17, 15) is 8.42 Å². The summed E-state index contributed by atoms with van der Waals surface area (Å²) < 4.78 is 24.9. The molecule has 0 aromatic carbocycles. The molecule has 1 rings (SSSR count). The van der Waals surface area contributed by atoms with Crippen molar-refractivity contribution < 1.29 is 8.42 Å². The molecule has 1 aliphatic rings. The Labute approximate surface area is 125 Å². The summed E-state index contributed by atoms with van der Waals surface area (Å²) in [6.07, 6.45) is 7.00. The number of nitrogens with one attached hydrogen (secondary N) is 1. The fraction of sp³-hybridized carbons (Fsp3) is 1.00. The van der Waals surface area contributed by atoms with Gasteiger partial charge in [0.05, 0.1) is 6.26 Å². The zero-order chi connectivity index (χ0) is 15.2. The van der Waals surface area contributed by atoms with Gasteiger partial charge in [-0.2, -0.15) is 0 Å². The second kappa shape index (κ2) is 8.35. The van der Waals surface area contributed by atoms with Crippen molar-refractivity contribution in [2.75, 3.05) is 25.9 Å². The predicted octanol–water partition coefficient (Wildman–Crippen LogP) is 2.46. The van der Waals surface area contributed by atoms with Crippen LogP contribution in [0.1, 0.15) is 52.9 Å². The molecule has 3 atom stereocenters. The van der Waals surface area contributed by atoms with E-state index in [-0.39, 0.29) is 0 Å². The summed E-state index contributed by atoms with van der Waals surface area (Å²) in [6, 6.07) is 0.555. The van der Waals surface area contributed by atoms with Crippen molar-refractivity contribution in [1.82, 2.24) is 9.62 Å². The number of hydrogen-bond acceptors (Lipinski definition) is 3. The molecule has 0 aliphatic carbocycles. The summed E-state index contributed by atoms with van der Waals surface area (Å²) in [5.74, 6) is 1.19. The van der Waals surface area contributed by atoms with Crippen LogP contribution in [0.2, 0.25) is 0 Å². The normalized spacial score (nSPS) is 24.5. The standard InChI is InChI=1S/C15H32N2O2S/c1-5-8-16-14(3)10-13(2)11-15-7-6-9-17(12-15)20(4,18)19/h13-16H,5-12H2,1-4H3. The van der Waals surface area contributed by atoms with E-state index in [0.717, 1.165) is 25.9 Å². The maximum Gasteiger partial charge on any atom is 0.211 e. The van der Waals surface area contributed by atoms with Crippen LogP contribution in [0.15, 0.2) is 0 Å². The first kappa shape index (κ1) is 17.9. The molecule has 1 saturated heterocycles. The minimum atomic E-state index is -3.01. The molecule has 0 bridgehead atoms. The van der Waals surface area contributed by atoms with Crippen LogP contribution < -0.4 is 5.32 Å². The van der Waals surface area contributed by atoms with Gasteiger partial charge >= 0.3 is 0 Å². The second-order valence-corrected chi connectivity index (χ2v) is 8.54. The van der Waals surface area contributed by atoms with E-state index in [2.05, 4.69) is 26.1 Å². The summed E-state index contributed by atoms with van der Waals surface area (Å²) in [7, 11) is -3.01. The third-order valence-electron chi connectivity index (χ3n) is 4.19. The first-order chi connectivity index (χ1) is 9.32. The van der Waals surface area contributed by atoms with Crippen LogP contribution in [0, 0.1) is 11.8 Å². The zero-order valence-corrected chi connectivity index (χ0v) is 14.4. The molecule has 20 heavy (non-hydrogen) atoms. The molecule has 0 aromatic heterocycles. The lowest BCUT2D eigenvalue weighted by Crippen LogP contribution is -2.40. The minimum absolute atomic E-state index is 0.534. The van der Waals surface area contributed by atoms with E-state index in [1.165, 1.54) is 25.5 Å². The molecular weight excluding hydrogens is 272 g/mol. The van der Waals surface area contributed by atoms with Crippen LogP contribution in [0.25, 0.3) is 0 Å². The molecule has 120 valence electrons. The molecular formula is C15H32N2O2S. The van der Waals surface area contributed by atoms with Crippen molar-refractivity contribution in [2.45, 2.75) is 58.9 Å². The van der Waals surface area contributed by atoms with Gasteiger partial charge in [0.1, 0.15) is 0 Å². The molecule has 0 amide bonds. The van der Waals surface area contributed by atoms with Gasteiger partial charge in [0.25, 0.3) is 0 Å². The molecule has 5 heteroatoms. The Bertz CT molecular complexity index is 370. The molecule has 3 unspecified atom stereocenters. The van der Waals surface area contributed by atoms with Gasteiger partial charge in [0, 0.05) is 19.1 Å². The first-order valence-corrected chi connectivity index (χ1v) is 9.86. The summed E-state index contributed by atoms with van der Waals surface area (Å²) in [5, 5.41) is 3.53. The monoisotopic (exact) mass is 304 g/mol. The Morgan fingerprint density at radius 2 is 2.05 bits per heavy atom. The maximum atomic E-state index is 11.6. The Balaban J connectivity index is 2.36. The van der Waals surface area contributed by atoms with Crippen molar-refractivity contribution in [2.24, 2.45) is 11.8 Å². The van der Waals surface area contributed by atoms with E-state index in [4.69, 9.17) is 0 Å². The third kappa shape index (κ3) is 6.55. The average molecular weight is 304 g/mol. The highest BCUT2D eigenvalue weighted by Gasteiger charge is 2.26. The van der Waals surface area contributed by atoms with Gasteiger partial charge in [-0.05, 0) is 57.4 Å². The van der Waals surface area contributed by atoms with Crippen LogP contribution >= 0.6 is 0 Å². The van der Waals surface area contributed by atoms with Gasteiger partial charge < -0.3 is 5.32 Å². The number of nitrogens with zero attached hydrogens (tertiary/aromatic N) is 1. The van der Waals surface area contributed by atoms with E-state index in [1.54, 1.807) is 4.31 Å². The lowest BCUT2D eigenvalue weighted by molar-refractivity contribution is 0.226. The summed E-state index contributed by atoms with van der Waals surface area (Å²) >= 11 is 0. The molecule has 0 saturated carbocycles. The third-order valence-corrected chi connectivity index (χ3v) is 5.45. The van der Waals surface area contributed by atoms with Gasteiger partial charge in [0.2, 0.25) is 10.0 Å². The molecule has 1 aliphatic heterocycles. The lowest BCUT2D eigenvalue weighted by Gasteiger charge is -2.32. The first-order valence-electron chi connectivity index (χ1n) is 8.01. The van der Waals surface area contributed by atoms with E-state index in [0.29, 0.717) is 24.4 Å². The van der Waals surface area contributed by atoms with E-state index < -0.39 is 10.0 Å². The molecule has 4 nitrogen and oxygen atoms in total. The highest BCUT2D eigenvalue weighted by atomic mass is 32.2. The Morgan fingerprint density at radius 1 is 1.35 bits per heavy atom. The summed E-state index contributed by atoms with van der Waals surface area (Å²) in [4.78, 5) is 0. The fourth-order valence-electron chi connectivity index (χ4n) is 3.26. The SMILES string of the molecule is CCCNC(C)CC(C)CC1CCCN(S(C)(=O)=O)C1.